The molecule has 6 heteroatoms. The molecule has 1 N–H and O–H groups in total. The number of carbonyl (C=O) groups is 1. The Labute approximate surface area is 129 Å². The van der Waals surface area contributed by atoms with Crippen molar-refractivity contribution in [1.82, 2.24) is 4.31 Å². The van der Waals surface area contributed by atoms with E-state index in [1.165, 1.54) is 32.1 Å². The van der Waals surface area contributed by atoms with Gasteiger partial charge >= 0.3 is 10.3 Å². The first-order chi connectivity index (χ1) is 9.84. The molecule has 0 aliphatic heterocycles. The second kappa shape index (κ2) is 10.8. The monoisotopic (exact) mass is 319 g/mol. The molecule has 0 fully saturated rings. The van der Waals surface area contributed by atoms with Gasteiger partial charge in [0.05, 0.1) is 0 Å². The minimum atomic E-state index is -4.52. The largest absolute Gasteiger partial charge is 0.362 e. The first-order valence-corrected chi connectivity index (χ1v) is 9.17. The number of nitrogens with zero attached hydrogens (tertiary/aromatic N) is 1. The zero-order chi connectivity index (χ0) is 16.3. The molecule has 1 amide bonds. The van der Waals surface area contributed by atoms with Crippen LogP contribution in [0.2, 0.25) is 0 Å². The Morgan fingerprint density at radius 1 is 1.14 bits per heavy atom. The van der Waals surface area contributed by atoms with Gasteiger partial charge in [-0.2, -0.15) is 8.42 Å². The summed E-state index contributed by atoms with van der Waals surface area (Å²) < 4.78 is 32.0. The molecule has 0 saturated carbocycles. The maximum Gasteiger partial charge on any atom is 0.362 e. The van der Waals surface area contributed by atoms with Crippen LogP contribution in [0, 0.1) is 0 Å². The van der Waals surface area contributed by atoms with Crippen LogP contribution in [-0.4, -0.2) is 29.2 Å². The third kappa shape index (κ3) is 8.88. The number of rotatable bonds is 12. The summed E-state index contributed by atoms with van der Waals surface area (Å²) in [5, 5.41) is 0. The summed E-state index contributed by atoms with van der Waals surface area (Å²) in [4.78, 5) is 11.5. The summed E-state index contributed by atoms with van der Waals surface area (Å²) in [7, 11) is -4.52. The average molecular weight is 319 g/mol. The van der Waals surface area contributed by atoms with Gasteiger partial charge in [-0.15, -0.1) is 0 Å². The third-order valence-electron chi connectivity index (χ3n) is 3.52. The van der Waals surface area contributed by atoms with E-state index in [1.807, 2.05) is 0 Å². The third-order valence-corrected chi connectivity index (χ3v) is 4.55. The van der Waals surface area contributed by atoms with Gasteiger partial charge in [-0.05, 0) is 19.4 Å². The molecule has 0 spiro atoms. The molecule has 0 saturated heterocycles. The Hall–Kier alpha value is -0.880. The van der Waals surface area contributed by atoms with Gasteiger partial charge in [-0.25, -0.2) is 4.31 Å². The minimum Gasteiger partial charge on any atom is -0.269 e. The van der Waals surface area contributed by atoms with Crippen LogP contribution < -0.4 is 0 Å². The number of unbranched alkanes of at least 4 members (excludes halogenated alkanes) is 7. The van der Waals surface area contributed by atoms with Crippen LogP contribution in [0.1, 0.15) is 71.6 Å². The Morgan fingerprint density at radius 2 is 1.62 bits per heavy atom. The van der Waals surface area contributed by atoms with E-state index >= 15 is 0 Å². The summed E-state index contributed by atoms with van der Waals surface area (Å²) in [6.07, 6.45) is 10.7. The van der Waals surface area contributed by atoms with Crippen LogP contribution >= 0.6 is 0 Å². The van der Waals surface area contributed by atoms with Crippen molar-refractivity contribution in [2.75, 3.05) is 0 Å². The summed E-state index contributed by atoms with van der Waals surface area (Å²) in [5.41, 5.74) is 0. The number of carbonyl (C=O) groups excluding carboxylic acids is 1. The lowest BCUT2D eigenvalue weighted by Gasteiger charge is -2.24. The summed E-state index contributed by atoms with van der Waals surface area (Å²) in [6.45, 7) is 7.06. The first-order valence-electron chi connectivity index (χ1n) is 7.77. The van der Waals surface area contributed by atoms with Gasteiger partial charge in [0.2, 0.25) is 0 Å². The fraction of sp³-hybridized carbons (Fsp3) is 0.800. The molecule has 21 heavy (non-hydrogen) atoms. The number of amides is 1. The lowest BCUT2D eigenvalue weighted by molar-refractivity contribution is -0.123. The predicted octanol–water partition coefficient (Wildman–Crippen LogP) is 3.72. The molecule has 0 radical (unpaired) electrons. The van der Waals surface area contributed by atoms with E-state index in [0.29, 0.717) is 10.7 Å². The fourth-order valence-electron chi connectivity index (χ4n) is 2.34. The minimum absolute atomic E-state index is 0.501. The second-order valence-corrected chi connectivity index (χ2v) is 6.72. The molecule has 124 valence electrons. The molecule has 1 unspecified atom stereocenters. The van der Waals surface area contributed by atoms with Crippen molar-refractivity contribution in [3.05, 3.63) is 12.7 Å². The predicted molar refractivity (Wildman–Crippen MR) is 85.3 cm³/mol. The zero-order valence-corrected chi connectivity index (χ0v) is 14.1. The van der Waals surface area contributed by atoms with Crippen LogP contribution in [-0.2, 0) is 15.1 Å². The molecule has 5 nitrogen and oxygen atoms in total. The van der Waals surface area contributed by atoms with Crippen molar-refractivity contribution in [1.29, 1.82) is 0 Å². The van der Waals surface area contributed by atoms with Gasteiger partial charge in [0, 0.05) is 6.04 Å². The van der Waals surface area contributed by atoms with Crippen LogP contribution in [0.5, 0.6) is 0 Å². The normalized spacial score (nSPS) is 12.9. The van der Waals surface area contributed by atoms with E-state index < -0.39 is 22.3 Å². The van der Waals surface area contributed by atoms with Crippen molar-refractivity contribution >= 4 is 16.2 Å². The van der Waals surface area contributed by atoms with E-state index in [1.54, 1.807) is 6.92 Å². The highest BCUT2D eigenvalue weighted by molar-refractivity contribution is 7.84. The highest BCUT2D eigenvalue weighted by atomic mass is 32.2. The van der Waals surface area contributed by atoms with Crippen LogP contribution in [0.3, 0.4) is 0 Å². The molecule has 0 rings (SSSR count). The van der Waals surface area contributed by atoms with Crippen LogP contribution in [0.4, 0.5) is 0 Å². The lowest BCUT2D eigenvalue weighted by atomic mass is 10.1. The Bertz CT molecular complexity index is 406. The highest BCUT2D eigenvalue weighted by Gasteiger charge is 2.28. The summed E-state index contributed by atoms with van der Waals surface area (Å²) in [6, 6.07) is -0.550. The van der Waals surface area contributed by atoms with Gasteiger partial charge in [-0.1, -0.05) is 64.9 Å². The number of hydrogen-bond donors (Lipinski definition) is 1. The number of hydrogen-bond acceptors (Lipinski definition) is 3. The SMILES string of the molecule is C=CC(=O)N(C(C)CCCCCCCCCC)S(=O)(=O)O. The Kier molecular flexibility index (Phi) is 10.3. The molecular weight excluding hydrogens is 290 g/mol. The molecule has 0 aromatic carbocycles. The van der Waals surface area contributed by atoms with Crippen molar-refractivity contribution in [2.24, 2.45) is 0 Å². The first kappa shape index (κ1) is 20.1. The van der Waals surface area contributed by atoms with Crippen molar-refractivity contribution in [2.45, 2.75) is 77.7 Å². The lowest BCUT2D eigenvalue weighted by Crippen LogP contribution is -2.41. The van der Waals surface area contributed by atoms with E-state index in [-0.39, 0.29) is 0 Å². The molecule has 0 aromatic heterocycles. The van der Waals surface area contributed by atoms with Gasteiger partial charge in [0.1, 0.15) is 0 Å². The maximum absolute atomic E-state index is 11.5. The molecule has 0 heterocycles. The van der Waals surface area contributed by atoms with Crippen molar-refractivity contribution < 1.29 is 17.8 Å². The van der Waals surface area contributed by atoms with Gasteiger partial charge in [0.25, 0.3) is 5.91 Å². The highest BCUT2D eigenvalue weighted by Crippen LogP contribution is 2.15. The zero-order valence-electron chi connectivity index (χ0n) is 13.3. The molecule has 0 aliphatic carbocycles. The van der Waals surface area contributed by atoms with Gasteiger partial charge in [0.15, 0.2) is 0 Å². The summed E-state index contributed by atoms with van der Waals surface area (Å²) >= 11 is 0. The van der Waals surface area contributed by atoms with E-state index in [0.717, 1.165) is 25.3 Å². The molecule has 0 aromatic rings. The van der Waals surface area contributed by atoms with Crippen LogP contribution in [0.25, 0.3) is 0 Å². The Balaban J connectivity index is 4.03. The van der Waals surface area contributed by atoms with Crippen LogP contribution in [0.15, 0.2) is 12.7 Å². The second-order valence-electron chi connectivity index (χ2n) is 5.43. The average Bonchev–Trinajstić information content (AvgIpc) is 2.40. The Morgan fingerprint density at radius 3 is 2.05 bits per heavy atom. The van der Waals surface area contributed by atoms with Crippen molar-refractivity contribution in [3.8, 4) is 0 Å². The molecule has 0 aliphatic rings. The van der Waals surface area contributed by atoms with E-state index in [9.17, 15) is 13.2 Å². The van der Waals surface area contributed by atoms with E-state index in [4.69, 9.17) is 4.55 Å². The quantitative estimate of drug-likeness (QED) is 0.338. The van der Waals surface area contributed by atoms with Gasteiger partial charge < -0.3 is 0 Å². The smallest absolute Gasteiger partial charge is 0.269 e. The maximum atomic E-state index is 11.5. The standard InChI is InChI=1S/C15H29NO4S/c1-4-6-7-8-9-10-11-12-13-14(3)16(15(17)5-2)21(18,19)20/h5,14H,2,4,6-13H2,1,3H3,(H,18,19,20). The molecule has 1 atom stereocenters. The topological polar surface area (TPSA) is 74.7 Å². The van der Waals surface area contributed by atoms with Crippen molar-refractivity contribution in [3.63, 3.8) is 0 Å². The summed E-state index contributed by atoms with van der Waals surface area (Å²) in [5.74, 6) is -0.787. The molecule has 0 bridgehead atoms. The fourth-order valence-corrected chi connectivity index (χ4v) is 3.20. The molecular formula is C15H29NO4S. The van der Waals surface area contributed by atoms with Gasteiger partial charge in [-0.3, -0.25) is 9.35 Å². The van der Waals surface area contributed by atoms with E-state index in [2.05, 4.69) is 13.5 Å².